The molecule has 0 N–H and O–H groups in total. The van der Waals surface area contributed by atoms with Gasteiger partial charge in [-0.2, -0.15) is 0 Å². The second-order valence-electron chi connectivity index (χ2n) is 20.9. The number of esters is 3. The first-order valence-corrected chi connectivity index (χ1v) is 32.5. The highest BCUT2D eigenvalue weighted by atomic mass is 16.6. The molecule has 0 fully saturated rings. The Hall–Kier alpha value is -4.97. The minimum atomic E-state index is -0.813. The van der Waals surface area contributed by atoms with E-state index in [4.69, 9.17) is 14.2 Å². The van der Waals surface area contributed by atoms with Gasteiger partial charge in [-0.25, -0.2) is 0 Å². The fourth-order valence-corrected chi connectivity index (χ4v) is 8.44. The highest BCUT2D eigenvalue weighted by Crippen LogP contribution is 2.14. The minimum Gasteiger partial charge on any atom is -0.462 e. The number of unbranched alkanes of at least 4 members (excludes halogenated alkanes) is 20. The summed E-state index contributed by atoms with van der Waals surface area (Å²) in [7, 11) is 0. The van der Waals surface area contributed by atoms with Crippen LogP contribution in [0.25, 0.3) is 0 Å². The van der Waals surface area contributed by atoms with Crippen molar-refractivity contribution in [1.29, 1.82) is 0 Å². The zero-order valence-corrected chi connectivity index (χ0v) is 51.5. The Morgan fingerprint density at radius 3 is 0.787 bits per heavy atom. The maximum atomic E-state index is 12.9. The minimum absolute atomic E-state index is 0.106. The Morgan fingerprint density at radius 1 is 0.263 bits per heavy atom. The van der Waals surface area contributed by atoms with E-state index < -0.39 is 6.10 Å². The Morgan fingerprint density at radius 2 is 0.487 bits per heavy atom. The Kier molecular flexibility index (Phi) is 62.4. The van der Waals surface area contributed by atoms with Gasteiger partial charge in [-0.05, 0) is 148 Å². The lowest BCUT2D eigenvalue weighted by molar-refractivity contribution is -0.167. The van der Waals surface area contributed by atoms with Crippen LogP contribution in [0.1, 0.15) is 271 Å². The molecule has 0 aromatic rings. The van der Waals surface area contributed by atoms with E-state index in [2.05, 4.69) is 179 Å². The molecule has 80 heavy (non-hydrogen) atoms. The fourth-order valence-electron chi connectivity index (χ4n) is 8.44. The third-order valence-corrected chi connectivity index (χ3v) is 13.2. The molecular weight excluding hydrogens is 985 g/mol. The van der Waals surface area contributed by atoms with Crippen molar-refractivity contribution < 1.29 is 28.6 Å². The van der Waals surface area contributed by atoms with Gasteiger partial charge in [0.2, 0.25) is 0 Å². The van der Waals surface area contributed by atoms with Crippen LogP contribution in [0.3, 0.4) is 0 Å². The van der Waals surface area contributed by atoms with Crippen LogP contribution in [-0.4, -0.2) is 37.2 Å². The van der Waals surface area contributed by atoms with Gasteiger partial charge >= 0.3 is 17.9 Å². The molecule has 0 heterocycles. The van der Waals surface area contributed by atoms with Crippen molar-refractivity contribution in [2.45, 2.75) is 277 Å². The molecule has 0 aliphatic heterocycles. The van der Waals surface area contributed by atoms with Crippen LogP contribution in [0.5, 0.6) is 0 Å². The number of carbonyl (C=O) groups excluding carboxylic acids is 3. The Balaban J connectivity index is 4.37. The van der Waals surface area contributed by atoms with Crippen molar-refractivity contribution in [3.8, 4) is 0 Å². The van der Waals surface area contributed by atoms with Crippen molar-refractivity contribution in [2.75, 3.05) is 13.2 Å². The molecule has 0 aromatic heterocycles. The smallest absolute Gasteiger partial charge is 0.306 e. The molecule has 0 rings (SSSR count). The average Bonchev–Trinajstić information content (AvgIpc) is 3.46. The van der Waals surface area contributed by atoms with Gasteiger partial charge in [0.15, 0.2) is 6.10 Å². The van der Waals surface area contributed by atoms with Crippen LogP contribution < -0.4 is 0 Å². The van der Waals surface area contributed by atoms with E-state index in [0.717, 1.165) is 154 Å². The summed E-state index contributed by atoms with van der Waals surface area (Å²) < 4.78 is 16.9. The number of hydrogen-bond donors (Lipinski definition) is 0. The maximum absolute atomic E-state index is 12.9. The lowest BCUT2D eigenvalue weighted by Gasteiger charge is -2.18. The van der Waals surface area contributed by atoms with Gasteiger partial charge in [0.1, 0.15) is 13.2 Å². The highest BCUT2D eigenvalue weighted by Gasteiger charge is 2.19. The average molecular weight is 1100 g/mol. The third kappa shape index (κ3) is 63.9. The first-order valence-electron chi connectivity index (χ1n) is 32.5. The Bertz CT molecular complexity index is 1790. The normalized spacial score (nSPS) is 13.2. The molecule has 0 radical (unpaired) electrons. The molecule has 0 saturated heterocycles. The zero-order valence-electron chi connectivity index (χ0n) is 51.5. The fraction of sp³-hybridized carbons (Fsp3) is 0.608. The van der Waals surface area contributed by atoms with E-state index in [9.17, 15) is 14.4 Å². The van der Waals surface area contributed by atoms with Crippen molar-refractivity contribution in [3.05, 3.63) is 158 Å². The summed E-state index contributed by atoms with van der Waals surface area (Å²) >= 11 is 0. The lowest BCUT2D eigenvalue weighted by atomic mass is 10.1. The van der Waals surface area contributed by atoms with Crippen LogP contribution in [0, 0.1) is 0 Å². The highest BCUT2D eigenvalue weighted by molar-refractivity contribution is 5.71. The van der Waals surface area contributed by atoms with Gasteiger partial charge in [0.05, 0.1) is 0 Å². The van der Waals surface area contributed by atoms with E-state index in [-0.39, 0.29) is 31.1 Å². The third-order valence-electron chi connectivity index (χ3n) is 13.2. The molecule has 1 atom stereocenters. The summed E-state index contributed by atoms with van der Waals surface area (Å²) in [5, 5.41) is 0. The molecule has 450 valence electrons. The molecular formula is C74H118O6. The summed E-state index contributed by atoms with van der Waals surface area (Å²) in [6.07, 6.45) is 96.8. The predicted octanol–water partition coefficient (Wildman–Crippen LogP) is 22.5. The second-order valence-corrected chi connectivity index (χ2v) is 20.9. The van der Waals surface area contributed by atoms with E-state index >= 15 is 0 Å². The summed E-state index contributed by atoms with van der Waals surface area (Å²) in [5.74, 6) is -0.971. The van der Waals surface area contributed by atoms with Crippen molar-refractivity contribution in [1.82, 2.24) is 0 Å². The first kappa shape index (κ1) is 75.0. The van der Waals surface area contributed by atoms with Gasteiger partial charge in [-0.3, -0.25) is 14.4 Å². The van der Waals surface area contributed by atoms with Crippen LogP contribution in [-0.2, 0) is 28.6 Å². The maximum Gasteiger partial charge on any atom is 0.306 e. The monoisotopic (exact) mass is 1100 g/mol. The van der Waals surface area contributed by atoms with Gasteiger partial charge in [0.25, 0.3) is 0 Å². The quantitative estimate of drug-likeness (QED) is 0.0261. The summed E-state index contributed by atoms with van der Waals surface area (Å²) in [4.78, 5) is 38.3. The van der Waals surface area contributed by atoms with Crippen molar-refractivity contribution in [3.63, 3.8) is 0 Å². The molecule has 0 saturated carbocycles. The van der Waals surface area contributed by atoms with Crippen molar-refractivity contribution in [2.24, 2.45) is 0 Å². The van der Waals surface area contributed by atoms with Crippen LogP contribution in [0.4, 0.5) is 0 Å². The molecule has 1 unspecified atom stereocenters. The summed E-state index contributed by atoms with van der Waals surface area (Å²) in [5.41, 5.74) is 0. The van der Waals surface area contributed by atoms with E-state index in [1.54, 1.807) is 0 Å². The van der Waals surface area contributed by atoms with Gasteiger partial charge in [0, 0.05) is 19.3 Å². The van der Waals surface area contributed by atoms with Crippen LogP contribution >= 0.6 is 0 Å². The first-order chi connectivity index (χ1) is 39.5. The number of carbonyl (C=O) groups is 3. The number of rotatable bonds is 57. The molecule has 0 spiro atoms. The summed E-state index contributed by atoms with van der Waals surface area (Å²) in [6, 6.07) is 0. The van der Waals surface area contributed by atoms with Gasteiger partial charge in [-0.1, -0.05) is 262 Å². The Labute approximate surface area is 492 Å². The zero-order chi connectivity index (χ0) is 57.8. The molecule has 0 aliphatic rings. The number of ether oxygens (including phenoxy) is 3. The topological polar surface area (TPSA) is 78.9 Å². The SMILES string of the molecule is CC/C=C\C/C=C\C/C=C\C/C=C\C/C=C\C/C=C\C/C=C\CCCCCCCCCCCC(=O)OCC(COC(=O)CCCC/C=C\C/C=C\C/C=C\C/C=C\CC)OC(=O)CCCCCCC/C=C\C/C=C\CCCCCC. The lowest BCUT2D eigenvalue weighted by Crippen LogP contribution is -2.30. The number of hydrogen-bond acceptors (Lipinski definition) is 6. The van der Waals surface area contributed by atoms with Gasteiger partial charge < -0.3 is 14.2 Å². The van der Waals surface area contributed by atoms with E-state index in [1.165, 1.54) is 70.6 Å². The second kappa shape index (κ2) is 66.5. The van der Waals surface area contributed by atoms with Crippen LogP contribution in [0.2, 0.25) is 0 Å². The molecule has 6 nitrogen and oxygen atoms in total. The molecule has 0 amide bonds. The molecule has 0 bridgehead atoms. The standard InChI is InChI=1S/C74H118O6/c1-4-7-10-13-16-19-22-25-28-30-31-32-33-34-35-36-37-38-39-40-41-42-43-44-47-49-52-55-58-61-64-67-73(76)79-70-71(69-78-72(75)66-63-60-57-54-51-48-45-27-24-21-18-15-12-9-6-3)80-74(77)68-65-62-59-56-53-50-46-29-26-23-20-17-14-11-8-5-2/h7,9-10,12,16,18-21,23,25,27-29,31-32,34-35,37-38,40-41,45-46,51,54,71H,4-6,8,11,13-15,17,22,24,26,30,33,36,39,42-44,47-50,52-53,55-70H2,1-3H3/b10-7-,12-9-,19-16-,21-18-,23-20-,28-25-,32-31-,35-34-,38-37-,41-40-,45-27-,46-29-,54-51-. The van der Waals surface area contributed by atoms with Crippen molar-refractivity contribution >= 4 is 17.9 Å². The van der Waals surface area contributed by atoms with E-state index in [1.807, 2.05) is 0 Å². The van der Waals surface area contributed by atoms with Crippen LogP contribution in [0.15, 0.2) is 158 Å². The largest absolute Gasteiger partial charge is 0.462 e. The number of allylic oxidation sites excluding steroid dienone is 26. The molecule has 0 aromatic carbocycles. The molecule has 0 aliphatic carbocycles. The van der Waals surface area contributed by atoms with E-state index in [0.29, 0.717) is 25.7 Å². The molecule has 6 heteroatoms. The summed E-state index contributed by atoms with van der Waals surface area (Å²) in [6.45, 7) is 6.34. The predicted molar refractivity (Wildman–Crippen MR) is 348 cm³/mol. The van der Waals surface area contributed by atoms with Gasteiger partial charge in [-0.15, -0.1) is 0 Å².